The van der Waals surface area contributed by atoms with Gasteiger partial charge in [0.05, 0.1) is 18.1 Å². The first-order chi connectivity index (χ1) is 13.9. The maximum Gasteiger partial charge on any atom is 0.243 e. The first-order valence-corrected chi connectivity index (χ1v) is 12.0. The van der Waals surface area contributed by atoms with Crippen molar-refractivity contribution in [1.82, 2.24) is 9.21 Å². The van der Waals surface area contributed by atoms with Gasteiger partial charge in [-0.2, -0.15) is 4.31 Å². The Labute approximate surface area is 182 Å². The van der Waals surface area contributed by atoms with Crippen molar-refractivity contribution in [2.45, 2.75) is 11.8 Å². The van der Waals surface area contributed by atoms with Crippen molar-refractivity contribution in [3.8, 4) is 0 Å². The number of benzene rings is 2. The van der Waals surface area contributed by atoms with Crippen LogP contribution in [0.2, 0.25) is 0 Å². The molecule has 2 aromatic rings. The van der Waals surface area contributed by atoms with Gasteiger partial charge in [-0.25, -0.2) is 8.42 Å². The molecule has 0 spiro atoms. The Morgan fingerprint density at radius 2 is 1.76 bits per heavy atom. The van der Waals surface area contributed by atoms with E-state index in [2.05, 4.69) is 20.8 Å². The minimum atomic E-state index is -3.59. The lowest BCUT2D eigenvalue weighted by molar-refractivity contribution is 0.0365. The summed E-state index contributed by atoms with van der Waals surface area (Å²) in [6.07, 6.45) is 2.04. The molecule has 3 rings (SSSR count). The lowest BCUT2D eigenvalue weighted by Gasteiger charge is -2.30. The zero-order valence-electron chi connectivity index (χ0n) is 16.6. The van der Waals surface area contributed by atoms with Crippen LogP contribution >= 0.6 is 15.9 Å². The number of nitrogens with zero attached hydrogens (tertiary/aromatic N) is 2. The van der Waals surface area contributed by atoms with Crippen molar-refractivity contribution >= 4 is 32.0 Å². The van der Waals surface area contributed by atoms with Gasteiger partial charge in [0.25, 0.3) is 0 Å². The highest BCUT2D eigenvalue weighted by Crippen LogP contribution is 2.20. The minimum Gasteiger partial charge on any atom is -0.379 e. The number of ether oxygens (including phenoxy) is 1. The molecule has 0 unspecified atom stereocenters. The summed E-state index contributed by atoms with van der Waals surface area (Å²) in [6, 6.07) is 16.8. The Bertz CT molecular complexity index is 909. The van der Waals surface area contributed by atoms with Gasteiger partial charge >= 0.3 is 0 Å². The number of sulfonamides is 1. The first-order valence-electron chi connectivity index (χ1n) is 9.73. The number of rotatable bonds is 8. The summed E-state index contributed by atoms with van der Waals surface area (Å²) in [4.78, 5) is 2.57. The maximum atomic E-state index is 13.3. The van der Waals surface area contributed by atoms with Gasteiger partial charge in [-0.15, -0.1) is 0 Å². The molecule has 0 N–H and O–H groups in total. The van der Waals surface area contributed by atoms with E-state index in [1.54, 1.807) is 28.6 Å². The molecule has 156 valence electrons. The van der Waals surface area contributed by atoms with Gasteiger partial charge in [0.2, 0.25) is 10.0 Å². The molecule has 1 aliphatic rings. The number of morpholine rings is 1. The van der Waals surface area contributed by atoms with Crippen LogP contribution in [0.1, 0.15) is 12.5 Å². The molecule has 29 heavy (non-hydrogen) atoms. The largest absolute Gasteiger partial charge is 0.379 e. The molecule has 1 heterocycles. The van der Waals surface area contributed by atoms with Crippen molar-refractivity contribution in [3.63, 3.8) is 0 Å². The van der Waals surface area contributed by atoms with Crippen molar-refractivity contribution in [2.24, 2.45) is 0 Å². The van der Waals surface area contributed by atoms with Crippen LogP contribution in [0, 0.1) is 0 Å². The van der Waals surface area contributed by atoms with Crippen molar-refractivity contribution in [2.75, 3.05) is 45.9 Å². The molecule has 0 amide bonds. The zero-order valence-corrected chi connectivity index (χ0v) is 19.0. The summed E-state index contributed by atoms with van der Waals surface area (Å²) in [6.45, 7) is 6.55. The van der Waals surface area contributed by atoms with E-state index in [0.717, 1.165) is 28.7 Å². The Hall–Kier alpha value is -1.51. The molecular weight excluding hydrogens is 452 g/mol. The summed E-state index contributed by atoms with van der Waals surface area (Å²) in [7, 11) is -3.59. The molecular formula is C22H27BrN2O3S. The molecule has 1 aliphatic heterocycles. The van der Waals surface area contributed by atoms with Crippen LogP contribution in [-0.2, 0) is 14.8 Å². The second kappa shape index (κ2) is 10.5. The number of halogens is 1. The third kappa shape index (κ3) is 6.49. The van der Waals surface area contributed by atoms with E-state index >= 15 is 0 Å². The predicted molar refractivity (Wildman–Crippen MR) is 120 cm³/mol. The summed E-state index contributed by atoms with van der Waals surface area (Å²) >= 11 is 3.37. The monoisotopic (exact) mass is 478 g/mol. The van der Waals surface area contributed by atoms with Gasteiger partial charge in [0.1, 0.15) is 0 Å². The van der Waals surface area contributed by atoms with Gasteiger partial charge in [-0.05, 0) is 36.8 Å². The predicted octanol–water partition coefficient (Wildman–Crippen LogP) is 3.88. The van der Waals surface area contributed by atoms with E-state index in [1.165, 1.54) is 0 Å². The number of hydrogen-bond donors (Lipinski definition) is 0. The topological polar surface area (TPSA) is 49.9 Å². The fraction of sp³-hybridized carbons (Fsp3) is 0.364. The quantitative estimate of drug-likeness (QED) is 0.577. The molecule has 7 heteroatoms. The average Bonchev–Trinajstić information content (AvgIpc) is 2.73. The van der Waals surface area contributed by atoms with E-state index < -0.39 is 10.0 Å². The highest BCUT2D eigenvalue weighted by Gasteiger charge is 2.25. The zero-order chi connectivity index (χ0) is 20.7. The van der Waals surface area contributed by atoms with Crippen molar-refractivity contribution < 1.29 is 13.2 Å². The Balaban J connectivity index is 1.80. The van der Waals surface area contributed by atoms with Gasteiger partial charge < -0.3 is 4.74 Å². The summed E-state index contributed by atoms with van der Waals surface area (Å²) in [5.74, 6) is 0. The van der Waals surface area contributed by atoms with Crippen LogP contribution in [0.5, 0.6) is 0 Å². The van der Waals surface area contributed by atoms with Crippen LogP contribution in [0.15, 0.2) is 69.5 Å². The Morgan fingerprint density at radius 1 is 1.10 bits per heavy atom. The van der Waals surface area contributed by atoms with Crippen LogP contribution < -0.4 is 0 Å². The van der Waals surface area contributed by atoms with Gasteiger partial charge in [-0.1, -0.05) is 57.9 Å². The SMILES string of the molecule is C/C(=C\c1ccccc1)CN(CCN1CCOCC1)S(=O)(=O)c1ccc(Br)cc1. The summed E-state index contributed by atoms with van der Waals surface area (Å²) in [5, 5.41) is 0. The molecule has 1 fully saturated rings. The van der Waals surface area contributed by atoms with Crippen LogP contribution in [0.4, 0.5) is 0 Å². The molecule has 5 nitrogen and oxygen atoms in total. The summed E-state index contributed by atoms with van der Waals surface area (Å²) in [5.41, 5.74) is 2.07. The second-order valence-electron chi connectivity index (χ2n) is 7.15. The van der Waals surface area contributed by atoms with Gasteiger partial charge in [0, 0.05) is 37.2 Å². The van der Waals surface area contributed by atoms with E-state index in [4.69, 9.17) is 4.74 Å². The van der Waals surface area contributed by atoms with Crippen LogP contribution in [0.3, 0.4) is 0 Å². The smallest absolute Gasteiger partial charge is 0.243 e. The highest BCUT2D eigenvalue weighted by molar-refractivity contribution is 9.10. The Kier molecular flexibility index (Phi) is 8.03. The lowest BCUT2D eigenvalue weighted by Crippen LogP contribution is -2.43. The van der Waals surface area contributed by atoms with Crippen molar-refractivity contribution in [1.29, 1.82) is 0 Å². The average molecular weight is 479 g/mol. The maximum absolute atomic E-state index is 13.3. The Morgan fingerprint density at radius 3 is 2.41 bits per heavy atom. The van der Waals surface area contributed by atoms with Gasteiger partial charge in [-0.3, -0.25) is 4.90 Å². The minimum absolute atomic E-state index is 0.315. The highest BCUT2D eigenvalue weighted by atomic mass is 79.9. The van der Waals surface area contributed by atoms with E-state index in [0.29, 0.717) is 37.7 Å². The fourth-order valence-electron chi connectivity index (χ4n) is 3.28. The molecule has 0 radical (unpaired) electrons. The molecule has 2 aromatic carbocycles. The molecule has 1 saturated heterocycles. The van der Waals surface area contributed by atoms with Crippen molar-refractivity contribution in [3.05, 3.63) is 70.2 Å². The third-order valence-electron chi connectivity index (χ3n) is 4.86. The molecule has 0 atom stereocenters. The number of hydrogen-bond acceptors (Lipinski definition) is 4. The normalized spacial score (nSPS) is 16.3. The molecule has 0 saturated carbocycles. The first kappa shape index (κ1) is 22.2. The standard InChI is InChI=1S/C22H27BrN2O3S/c1-19(17-20-5-3-2-4-6-20)18-25(12-11-24-13-15-28-16-14-24)29(26,27)22-9-7-21(23)8-10-22/h2-10,17H,11-16,18H2,1H3/b19-17+. The fourth-order valence-corrected chi connectivity index (χ4v) is 5.01. The lowest BCUT2D eigenvalue weighted by atomic mass is 10.1. The molecule has 0 bridgehead atoms. The molecule has 0 aliphatic carbocycles. The summed E-state index contributed by atoms with van der Waals surface area (Å²) < 4.78 is 34.5. The van der Waals surface area contributed by atoms with E-state index in [9.17, 15) is 8.42 Å². The van der Waals surface area contributed by atoms with Crippen LogP contribution in [0.25, 0.3) is 6.08 Å². The van der Waals surface area contributed by atoms with Crippen LogP contribution in [-0.4, -0.2) is 63.6 Å². The molecule has 0 aromatic heterocycles. The second-order valence-corrected chi connectivity index (χ2v) is 10.0. The third-order valence-corrected chi connectivity index (χ3v) is 7.25. The van der Waals surface area contributed by atoms with E-state index in [1.807, 2.05) is 43.3 Å². The van der Waals surface area contributed by atoms with Gasteiger partial charge in [0.15, 0.2) is 0 Å². The van der Waals surface area contributed by atoms with E-state index in [-0.39, 0.29) is 0 Å².